The molecule has 0 amide bonds. The molecule has 0 bridgehead atoms. The predicted octanol–water partition coefficient (Wildman–Crippen LogP) is 2.88. The van der Waals surface area contributed by atoms with Gasteiger partial charge in [-0.1, -0.05) is 18.2 Å². The molecule has 1 unspecified atom stereocenters. The summed E-state index contributed by atoms with van der Waals surface area (Å²) >= 11 is 0. The Kier molecular flexibility index (Phi) is 4.78. The van der Waals surface area contributed by atoms with Crippen molar-refractivity contribution in [1.82, 2.24) is 5.43 Å². The van der Waals surface area contributed by atoms with E-state index in [9.17, 15) is 14.9 Å². The first-order chi connectivity index (χ1) is 10.8. The number of nitrogens with one attached hydrogen (secondary N) is 1. The zero-order valence-corrected chi connectivity index (χ0v) is 13.5. The highest BCUT2D eigenvalue weighted by atomic mass is 16.6. The van der Waals surface area contributed by atoms with E-state index in [-0.39, 0.29) is 11.8 Å². The molecule has 122 valence electrons. The van der Waals surface area contributed by atoms with Crippen LogP contribution in [-0.4, -0.2) is 22.7 Å². The summed E-state index contributed by atoms with van der Waals surface area (Å²) in [6, 6.07) is 6.37. The van der Waals surface area contributed by atoms with E-state index in [0.29, 0.717) is 22.5 Å². The number of nitro groups is 1. The van der Waals surface area contributed by atoms with E-state index < -0.39 is 16.8 Å². The van der Waals surface area contributed by atoms with Gasteiger partial charge in [-0.05, 0) is 27.7 Å². The standard InChI is InChI=1S/C16H19N3O4/c1-9(2)23-16(20)15-11(4)18-17-10(3)14(15)12-7-5-6-8-13(12)19(21)22/h5-9,14,18H,1-4H3. The topological polar surface area (TPSA) is 93.8 Å². The monoisotopic (exact) mass is 317 g/mol. The number of esters is 1. The summed E-state index contributed by atoms with van der Waals surface area (Å²) in [5.74, 6) is -1.11. The van der Waals surface area contributed by atoms with Crippen LogP contribution in [0.4, 0.5) is 5.69 Å². The van der Waals surface area contributed by atoms with E-state index in [2.05, 4.69) is 10.5 Å². The van der Waals surface area contributed by atoms with Crippen molar-refractivity contribution in [2.24, 2.45) is 5.10 Å². The molecule has 7 nitrogen and oxygen atoms in total. The van der Waals surface area contributed by atoms with Crippen LogP contribution in [-0.2, 0) is 9.53 Å². The Balaban J connectivity index is 2.57. The maximum atomic E-state index is 12.5. The van der Waals surface area contributed by atoms with Crippen LogP contribution in [0.2, 0.25) is 0 Å². The third-order valence-electron chi connectivity index (χ3n) is 3.52. The number of allylic oxidation sites excluding steroid dienone is 1. The van der Waals surface area contributed by atoms with Crippen LogP contribution >= 0.6 is 0 Å². The van der Waals surface area contributed by atoms with Gasteiger partial charge in [0.2, 0.25) is 0 Å². The molecule has 0 aromatic heterocycles. The van der Waals surface area contributed by atoms with Crippen molar-refractivity contribution < 1.29 is 14.5 Å². The molecule has 0 saturated heterocycles. The summed E-state index contributed by atoms with van der Waals surface area (Å²) in [7, 11) is 0. The number of para-hydroxylation sites is 1. The highest BCUT2D eigenvalue weighted by Gasteiger charge is 2.35. The number of rotatable bonds is 4. The zero-order chi connectivity index (χ0) is 17.1. The number of carbonyl (C=O) groups excluding carboxylic acids is 1. The Hall–Kier alpha value is -2.70. The third kappa shape index (κ3) is 3.39. The van der Waals surface area contributed by atoms with Gasteiger partial charge in [0.1, 0.15) is 0 Å². The molecule has 1 atom stereocenters. The SMILES string of the molecule is CC1=NNC(C)=C(C(=O)OC(C)C)C1c1ccccc1[N+](=O)[O-]. The van der Waals surface area contributed by atoms with E-state index in [4.69, 9.17) is 4.74 Å². The zero-order valence-electron chi connectivity index (χ0n) is 13.5. The average Bonchev–Trinajstić information content (AvgIpc) is 2.48. The summed E-state index contributed by atoms with van der Waals surface area (Å²) in [5.41, 5.74) is 4.61. The van der Waals surface area contributed by atoms with Crippen LogP contribution in [0, 0.1) is 10.1 Å². The van der Waals surface area contributed by atoms with E-state index in [1.54, 1.807) is 45.9 Å². The number of benzene rings is 1. The van der Waals surface area contributed by atoms with Crippen molar-refractivity contribution in [3.8, 4) is 0 Å². The van der Waals surface area contributed by atoms with Crippen LogP contribution in [0.3, 0.4) is 0 Å². The summed E-state index contributed by atoms with van der Waals surface area (Å²) in [6.45, 7) is 6.94. The maximum Gasteiger partial charge on any atom is 0.337 e. The second-order valence-electron chi connectivity index (χ2n) is 5.61. The Morgan fingerprint density at radius 1 is 1.35 bits per heavy atom. The van der Waals surface area contributed by atoms with Crippen LogP contribution in [0.1, 0.15) is 39.2 Å². The summed E-state index contributed by atoms with van der Waals surface area (Å²) in [5, 5.41) is 15.5. The highest BCUT2D eigenvalue weighted by Crippen LogP contribution is 2.36. The second-order valence-corrected chi connectivity index (χ2v) is 5.61. The molecule has 2 rings (SSSR count). The molecular formula is C16H19N3O4. The van der Waals surface area contributed by atoms with Crippen molar-refractivity contribution in [3.63, 3.8) is 0 Å². The molecule has 1 heterocycles. The highest BCUT2D eigenvalue weighted by molar-refractivity contribution is 6.04. The molecule has 1 aliphatic rings. The number of hydrogen-bond acceptors (Lipinski definition) is 6. The lowest BCUT2D eigenvalue weighted by Gasteiger charge is -2.26. The number of carbonyl (C=O) groups is 1. The molecule has 0 spiro atoms. The van der Waals surface area contributed by atoms with Gasteiger partial charge in [0.15, 0.2) is 0 Å². The first kappa shape index (κ1) is 16.7. The van der Waals surface area contributed by atoms with Gasteiger partial charge in [-0.3, -0.25) is 15.5 Å². The fourth-order valence-electron chi connectivity index (χ4n) is 2.55. The van der Waals surface area contributed by atoms with Crippen molar-refractivity contribution >= 4 is 17.4 Å². The van der Waals surface area contributed by atoms with Crippen molar-refractivity contribution in [3.05, 3.63) is 51.2 Å². The van der Waals surface area contributed by atoms with E-state index in [0.717, 1.165) is 0 Å². The van der Waals surface area contributed by atoms with Crippen LogP contribution in [0.15, 0.2) is 40.6 Å². The number of hydrogen-bond donors (Lipinski definition) is 1. The minimum absolute atomic E-state index is 0.0448. The number of hydrazone groups is 1. The van der Waals surface area contributed by atoms with Crippen LogP contribution in [0.5, 0.6) is 0 Å². The Morgan fingerprint density at radius 3 is 2.61 bits per heavy atom. The van der Waals surface area contributed by atoms with Crippen molar-refractivity contribution in [2.75, 3.05) is 0 Å². The predicted molar refractivity (Wildman–Crippen MR) is 86.0 cm³/mol. The smallest absolute Gasteiger partial charge is 0.337 e. The van der Waals surface area contributed by atoms with Gasteiger partial charge in [-0.25, -0.2) is 4.79 Å². The van der Waals surface area contributed by atoms with Gasteiger partial charge >= 0.3 is 5.97 Å². The van der Waals surface area contributed by atoms with Crippen molar-refractivity contribution in [2.45, 2.75) is 39.7 Å². The third-order valence-corrected chi connectivity index (χ3v) is 3.52. The molecule has 1 aromatic rings. The molecular weight excluding hydrogens is 298 g/mol. The minimum Gasteiger partial charge on any atom is -0.460 e. The molecule has 0 saturated carbocycles. The number of nitro benzene ring substituents is 1. The molecule has 23 heavy (non-hydrogen) atoms. The summed E-state index contributed by atoms with van der Waals surface area (Å²) in [4.78, 5) is 23.4. The molecule has 1 aromatic carbocycles. The number of ether oxygens (including phenoxy) is 1. The van der Waals surface area contributed by atoms with Gasteiger partial charge in [-0.15, -0.1) is 0 Å². The van der Waals surface area contributed by atoms with Gasteiger partial charge in [0, 0.05) is 23.0 Å². The van der Waals surface area contributed by atoms with Crippen LogP contribution < -0.4 is 5.43 Å². The Labute approximate surface area is 134 Å². The van der Waals surface area contributed by atoms with E-state index >= 15 is 0 Å². The van der Waals surface area contributed by atoms with Crippen molar-refractivity contribution in [1.29, 1.82) is 0 Å². The molecule has 7 heteroatoms. The maximum absolute atomic E-state index is 12.5. The molecule has 1 N–H and O–H groups in total. The van der Waals surface area contributed by atoms with Gasteiger partial charge in [0.05, 0.1) is 22.5 Å². The normalized spacial score (nSPS) is 17.6. The fourth-order valence-corrected chi connectivity index (χ4v) is 2.55. The first-order valence-electron chi connectivity index (χ1n) is 7.28. The average molecular weight is 317 g/mol. The van der Waals surface area contributed by atoms with Crippen LogP contribution in [0.25, 0.3) is 0 Å². The molecule has 0 radical (unpaired) electrons. The molecule has 1 aliphatic heterocycles. The number of nitrogens with zero attached hydrogens (tertiary/aromatic N) is 2. The van der Waals surface area contributed by atoms with E-state index in [1.165, 1.54) is 6.07 Å². The molecule has 0 aliphatic carbocycles. The van der Waals surface area contributed by atoms with E-state index in [1.807, 2.05) is 0 Å². The minimum atomic E-state index is -0.607. The fraction of sp³-hybridized carbons (Fsp3) is 0.375. The summed E-state index contributed by atoms with van der Waals surface area (Å²) < 4.78 is 5.30. The first-order valence-corrected chi connectivity index (χ1v) is 7.28. The lowest BCUT2D eigenvalue weighted by Crippen LogP contribution is -2.30. The quantitative estimate of drug-likeness (QED) is 0.523. The molecule has 0 fully saturated rings. The van der Waals surface area contributed by atoms with Gasteiger partial charge < -0.3 is 4.74 Å². The Morgan fingerprint density at radius 2 is 2.00 bits per heavy atom. The second kappa shape index (κ2) is 6.60. The summed E-state index contributed by atoms with van der Waals surface area (Å²) in [6.07, 6.45) is -0.284. The van der Waals surface area contributed by atoms with Gasteiger partial charge in [-0.2, -0.15) is 5.10 Å². The largest absolute Gasteiger partial charge is 0.460 e. The Bertz CT molecular complexity index is 707. The lowest BCUT2D eigenvalue weighted by molar-refractivity contribution is -0.385. The van der Waals surface area contributed by atoms with Gasteiger partial charge in [0.25, 0.3) is 5.69 Å². The lowest BCUT2D eigenvalue weighted by atomic mass is 9.84.